The molecule has 0 spiro atoms. The Labute approximate surface area is 107 Å². The summed E-state index contributed by atoms with van der Waals surface area (Å²) in [5.74, 6) is -0.232. The van der Waals surface area contributed by atoms with Gasteiger partial charge in [0.15, 0.2) is 5.78 Å². The quantitative estimate of drug-likeness (QED) is 0.834. The molecule has 18 heavy (non-hydrogen) atoms. The lowest BCUT2D eigenvalue weighted by Gasteiger charge is -2.06. The van der Waals surface area contributed by atoms with E-state index in [0.29, 0.717) is 5.56 Å². The maximum Gasteiger partial charge on any atom is 0.190 e. The molecule has 2 aromatic rings. The average Bonchev–Trinajstić information content (AvgIpc) is 2.39. The number of hydrogen-bond acceptors (Lipinski definition) is 2. The summed E-state index contributed by atoms with van der Waals surface area (Å²) in [4.78, 5) is 11.7. The minimum Gasteiger partial charge on any atom is -0.385 e. The number of aliphatic hydroxyl groups excluding tert-OH is 1. The van der Waals surface area contributed by atoms with Crippen LogP contribution in [0.4, 0.5) is 0 Å². The van der Waals surface area contributed by atoms with Crippen molar-refractivity contribution in [2.75, 3.05) is 0 Å². The number of aliphatic hydroxyl groups is 1. The SMILES string of the molecule is CC(O)C(=O)c1cccc(Cc2ccccc2)c1. The van der Waals surface area contributed by atoms with Gasteiger partial charge >= 0.3 is 0 Å². The Balaban J connectivity index is 2.20. The third-order valence-corrected chi connectivity index (χ3v) is 2.84. The normalized spacial score (nSPS) is 12.1. The van der Waals surface area contributed by atoms with Gasteiger partial charge in [0.05, 0.1) is 0 Å². The first-order valence-corrected chi connectivity index (χ1v) is 6.02. The lowest BCUT2D eigenvalue weighted by Crippen LogP contribution is -2.16. The van der Waals surface area contributed by atoms with Crippen LogP contribution >= 0.6 is 0 Å². The summed E-state index contributed by atoms with van der Waals surface area (Å²) in [5.41, 5.74) is 2.85. The zero-order chi connectivity index (χ0) is 13.0. The van der Waals surface area contributed by atoms with Crippen molar-refractivity contribution in [1.82, 2.24) is 0 Å². The van der Waals surface area contributed by atoms with Crippen LogP contribution in [0.25, 0.3) is 0 Å². The lowest BCUT2D eigenvalue weighted by molar-refractivity contribution is 0.0779. The van der Waals surface area contributed by atoms with Crippen LogP contribution < -0.4 is 0 Å². The van der Waals surface area contributed by atoms with Crippen LogP contribution in [0.15, 0.2) is 54.6 Å². The Morgan fingerprint density at radius 3 is 2.39 bits per heavy atom. The Hall–Kier alpha value is -1.93. The van der Waals surface area contributed by atoms with Crippen molar-refractivity contribution in [2.24, 2.45) is 0 Å². The van der Waals surface area contributed by atoms with E-state index in [2.05, 4.69) is 12.1 Å². The average molecular weight is 240 g/mol. The number of carbonyl (C=O) groups excluding carboxylic acids is 1. The summed E-state index contributed by atoms with van der Waals surface area (Å²) in [6.07, 6.45) is -0.154. The smallest absolute Gasteiger partial charge is 0.190 e. The molecule has 0 heterocycles. The predicted molar refractivity (Wildman–Crippen MR) is 71.7 cm³/mol. The van der Waals surface area contributed by atoms with Crippen molar-refractivity contribution >= 4 is 5.78 Å². The fourth-order valence-corrected chi connectivity index (χ4v) is 1.91. The zero-order valence-electron chi connectivity index (χ0n) is 10.3. The van der Waals surface area contributed by atoms with Gasteiger partial charge in [-0.05, 0) is 30.5 Å². The van der Waals surface area contributed by atoms with Crippen molar-refractivity contribution in [3.8, 4) is 0 Å². The standard InChI is InChI=1S/C16H16O2/c1-12(17)16(18)15-9-5-8-14(11-15)10-13-6-3-2-4-7-13/h2-9,11-12,17H,10H2,1H3. The molecular formula is C16H16O2. The molecule has 2 heteroatoms. The molecule has 0 aliphatic carbocycles. The van der Waals surface area contributed by atoms with Gasteiger partial charge in [-0.3, -0.25) is 4.79 Å². The highest BCUT2D eigenvalue weighted by molar-refractivity contribution is 5.99. The summed E-state index contributed by atoms with van der Waals surface area (Å²) in [5, 5.41) is 9.31. The maximum absolute atomic E-state index is 11.7. The minimum atomic E-state index is -0.947. The van der Waals surface area contributed by atoms with Gasteiger partial charge in [0, 0.05) is 5.56 Å². The van der Waals surface area contributed by atoms with Crippen LogP contribution in [0.1, 0.15) is 28.4 Å². The Kier molecular flexibility index (Phi) is 3.90. The monoisotopic (exact) mass is 240 g/mol. The predicted octanol–water partition coefficient (Wildman–Crippen LogP) is 2.84. The highest BCUT2D eigenvalue weighted by atomic mass is 16.3. The van der Waals surface area contributed by atoms with E-state index < -0.39 is 6.10 Å². The third-order valence-electron chi connectivity index (χ3n) is 2.84. The molecule has 0 fully saturated rings. The molecule has 1 N–H and O–H groups in total. The first kappa shape index (κ1) is 12.5. The Bertz CT molecular complexity index is 530. The number of ketones is 1. The highest BCUT2D eigenvalue weighted by Crippen LogP contribution is 2.12. The molecule has 1 atom stereocenters. The van der Waals surface area contributed by atoms with Gasteiger partial charge in [-0.2, -0.15) is 0 Å². The molecule has 1 unspecified atom stereocenters. The maximum atomic E-state index is 11.7. The Morgan fingerprint density at radius 1 is 1.06 bits per heavy atom. The zero-order valence-corrected chi connectivity index (χ0v) is 10.3. The third kappa shape index (κ3) is 3.05. The van der Waals surface area contributed by atoms with Crippen LogP contribution in [-0.4, -0.2) is 17.0 Å². The second-order valence-corrected chi connectivity index (χ2v) is 4.40. The van der Waals surface area contributed by atoms with E-state index >= 15 is 0 Å². The fraction of sp³-hybridized carbons (Fsp3) is 0.188. The number of rotatable bonds is 4. The summed E-state index contributed by atoms with van der Waals surface area (Å²) in [6, 6.07) is 17.5. The number of benzene rings is 2. The number of carbonyl (C=O) groups is 1. The van der Waals surface area contributed by atoms with Crippen molar-refractivity contribution < 1.29 is 9.90 Å². The lowest BCUT2D eigenvalue weighted by atomic mass is 10.00. The van der Waals surface area contributed by atoms with Gasteiger partial charge in [0.2, 0.25) is 0 Å². The van der Waals surface area contributed by atoms with Gasteiger partial charge in [0.25, 0.3) is 0 Å². The van der Waals surface area contributed by atoms with Crippen LogP contribution in [0.3, 0.4) is 0 Å². The first-order chi connectivity index (χ1) is 8.66. The molecule has 0 aromatic heterocycles. The molecule has 0 amide bonds. The molecule has 2 rings (SSSR count). The van der Waals surface area contributed by atoms with Crippen LogP contribution in [0, 0.1) is 0 Å². The van der Waals surface area contributed by atoms with Crippen molar-refractivity contribution in [2.45, 2.75) is 19.4 Å². The summed E-state index contributed by atoms with van der Waals surface area (Å²) >= 11 is 0. The van der Waals surface area contributed by atoms with Gasteiger partial charge < -0.3 is 5.11 Å². The molecule has 0 aliphatic rings. The minimum absolute atomic E-state index is 0.232. The van der Waals surface area contributed by atoms with E-state index in [-0.39, 0.29) is 5.78 Å². The van der Waals surface area contributed by atoms with E-state index in [4.69, 9.17) is 0 Å². The van der Waals surface area contributed by atoms with E-state index in [1.165, 1.54) is 12.5 Å². The molecule has 0 saturated heterocycles. The summed E-state index contributed by atoms with van der Waals surface area (Å²) in [7, 11) is 0. The second kappa shape index (κ2) is 5.61. The number of hydrogen-bond donors (Lipinski definition) is 1. The van der Waals surface area contributed by atoms with Crippen molar-refractivity contribution in [3.05, 3.63) is 71.3 Å². The van der Waals surface area contributed by atoms with Crippen molar-refractivity contribution in [3.63, 3.8) is 0 Å². The molecule has 92 valence electrons. The molecule has 0 saturated carbocycles. The molecule has 0 aliphatic heterocycles. The first-order valence-electron chi connectivity index (χ1n) is 6.02. The van der Waals surface area contributed by atoms with E-state index in [1.807, 2.05) is 36.4 Å². The topological polar surface area (TPSA) is 37.3 Å². The highest BCUT2D eigenvalue weighted by Gasteiger charge is 2.11. The van der Waals surface area contributed by atoms with E-state index in [9.17, 15) is 9.90 Å². The molecule has 0 radical (unpaired) electrons. The number of Topliss-reactive ketones (excluding diaryl/α,β-unsaturated/α-hetero) is 1. The molecular weight excluding hydrogens is 224 g/mol. The van der Waals surface area contributed by atoms with E-state index in [1.54, 1.807) is 6.07 Å². The second-order valence-electron chi connectivity index (χ2n) is 4.40. The van der Waals surface area contributed by atoms with Gasteiger partial charge in [-0.25, -0.2) is 0 Å². The largest absolute Gasteiger partial charge is 0.385 e. The summed E-state index contributed by atoms with van der Waals surface area (Å²) < 4.78 is 0. The molecule has 0 bridgehead atoms. The van der Waals surface area contributed by atoms with Crippen LogP contribution in [-0.2, 0) is 6.42 Å². The van der Waals surface area contributed by atoms with Crippen LogP contribution in [0.2, 0.25) is 0 Å². The molecule has 2 nitrogen and oxygen atoms in total. The van der Waals surface area contributed by atoms with Crippen LogP contribution in [0.5, 0.6) is 0 Å². The summed E-state index contributed by atoms with van der Waals surface area (Å²) in [6.45, 7) is 1.49. The van der Waals surface area contributed by atoms with E-state index in [0.717, 1.165) is 12.0 Å². The fourth-order valence-electron chi connectivity index (χ4n) is 1.91. The van der Waals surface area contributed by atoms with Crippen molar-refractivity contribution in [1.29, 1.82) is 0 Å². The van der Waals surface area contributed by atoms with Gasteiger partial charge in [0.1, 0.15) is 6.10 Å². The van der Waals surface area contributed by atoms with Gasteiger partial charge in [-0.15, -0.1) is 0 Å². The Morgan fingerprint density at radius 2 is 1.72 bits per heavy atom. The molecule has 2 aromatic carbocycles. The van der Waals surface area contributed by atoms with Gasteiger partial charge in [-0.1, -0.05) is 48.5 Å².